The van der Waals surface area contributed by atoms with Crippen molar-refractivity contribution in [1.29, 1.82) is 0 Å². The van der Waals surface area contributed by atoms with E-state index in [0.717, 1.165) is 4.47 Å². The van der Waals surface area contributed by atoms with E-state index in [4.69, 9.17) is 5.11 Å². The minimum Gasteiger partial charge on any atom is -0.481 e. The second-order valence-electron chi connectivity index (χ2n) is 4.51. The lowest BCUT2D eigenvalue weighted by atomic mass is 10.1. The topological polar surface area (TPSA) is 96.4 Å². The number of pyridine rings is 1. The van der Waals surface area contributed by atoms with Crippen LogP contribution in [0.2, 0.25) is 0 Å². The first-order valence-electron chi connectivity index (χ1n) is 6.28. The molecular weight excluding hydrogens is 372 g/mol. The van der Waals surface area contributed by atoms with Crippen LogP contribution in [0.3, 0.4) is 0 Å². The van der Waals surface area contributed by atoms with Crippen molar-refractivity contribution >= 4 is 31.9 Å². The van der Waals surface area contributed by atoms with Gasteiger partial charge in [0, 0.05) is 16.9 Å². The van der Waals surface area contributed by atoms with Gasteiger partial charge in [-0.25, -0.2) is 13.1 Å². The minimum atomic E-state index is -3.83. The first-order chi connectivity index (χ1) is 10.4. The van der Waals surface area contributed by atoms with Gasteiger partial charge >= 0.3 is 5.97 Å². The molecule has 1 aromatic heterocycles. The molecule has 0 spiro atoms. The van der Waals surface area contributed by atoms with Gasteiger partial charge in [-0.1, -0.05) is 22.0 Å². The van der Waals surface area contributed by atoms with Gasteiger partial charge in [-0.05, 0) is 35.9 Å². The molecule has 0 saturated heterocycles. The van der Waals surface area contributed by atoms with Gasteiger partial charge in [-0.15, -0.1) is 0 Å². The molecule has 0 fully saturated rings. The standard InChI is InChI=1S/C14H13BrN2O4S/c15-11-3-5-12(6-4-11)22(20,21)17-13(8-14(18)19)10-2-1-7-16-9-10/h1-7,9,13,17H,8H2,(H,18,19). The molecule has 6 nitrogen and oxygen atoms in total. The maximum absolute atomic E-state index is 12.4. The molecule has 0 aliphatic heterocycles. The highest BCUT2D eigenvalue weighted by Gasteiger charge is 2.23. The number of sulfonamides is 1. The Labute approximate surface area is 136 Å². The predicted octanol–water partition coefficient (Wildman–Crippen LogP) is 2.34. The first kappa shape index (κ1) is 16.6. The largest absolute Gasteiger partial charge is 0.481 e. The van der Waals surface area contributed by atoms with Crippen LogP contribution in [0.15, 0.2) is 58.2 Å². The van der Waals surface area contributed by atoms with E-state index in [2.05, 4.69) is 25.6 Å². The van der Waals surface area contributed by atoms with E-state index in [9.17, 15) is 13.2 Å². The normalized spacial score (nSPS) is 12.8. The Balaban J connectivity index is 2.30. The van der Waals surface area contributed by atoms with E-state index >= 15 is 0 Å². The first-order valence-corrected chi connectivity index (χ1v) is 8.56. The quantitative estimate of drug-likeness (QED) is 0.796. The molecule has 8 heteroatoms. The summed E-state index contributed by atoms with van der Waals surface area (Å²) >= 11 is 3.23. The summed E-state index contributed by atoms with van der Waals surface area (Å²) < 4.78 is 27.9. The predicted molar refractivity (Wildman–Crippen MR) is 83.7 cm³/mol. The molecule has 0 saturated carbocycles. The molecule has 2 rings (SSSR count). The van der Waals surface area contributed by atoms with Crippen molar-refractivity contribution in [2.45, 2.75) is 17.4 Å². The van der Waals surface area contributed by atoms with E-state index in [-0.39, 0.29) is 11.3 Å². The summed E-state index contributed by atoms with van der Waals surface area (Å²) in [4.78, 5) is 14.9. The van der Waals surface area contributed by atoms with Crippen molar-refractivity contribution in [2.24, 2.45) is 0 Å². The molecule has 0 radical (unpaired) electrons. The Hall–Kier alpha value is -1.77. The average molecular weight is 385 g/mol. The Bertz CT molecular complexity index is 748. The van der Waals surface area contributed by atoms with Crippen LogP contribution in [0.5, 0.6) is 0 Å². The van der Waals surface area contributed by atoms with Crippen molar-refractivity contribution in [3.05, 3.63) is 58.8 Å². The van der Waals surface area contributed by atoms with E-state index in [1.807, 2.05) is 0 Å². The highest BCUT2D eigenvalue weighted by Crippen LogP contribution is 2.21. The van der Waals surface area contributed by atoms with Gasteiger partial charge in [-0.2, -0.15) is 0 Å². The van der Waals surface area contributed by atoms with Crippen molar-refractivity contribution in [3.63, 3.8) is 0 Å². The summed E-state index contributed by atoms with van der Waals surface area (Å²) in [5.74, 6) is -1.10. The summed E-state index contributed by atoms with van der Waals surface area (Å²) in [5, 5.41) is 8.99. The SMILES string of the molecule is O=C(O)CC(NS(=O)(=O)c1ccc(Br)cc1)c1cccnc1. The summed E-state index contributed by atoms with van der Waals surface area (Å²) in [7, 11) is -3.83. The number of aliphatic carboxylic acids is 1. The highest BCUT2D eigenvalue weighted by molar-refractivity contribution is 9.10. The summed E-state index contributed by atoms with van der Waals surface area (Å²) in [6.07, 6.45) is 2.60. The molecule has 2 aromatic rings. The third-order valence-electron chi connectivity index (χ3n) is 2.89. The van der Waals surface area contributed by atoms with Crippen LogP contribution in [0.1, 0.15) is 18.0 Å². The molecule has 2 N–H and O–H groups in total. The fourth-order valence-electron chi connectivity index (χ4n) is 1.85. The Morgan fingerprint density at radius 2 is 1.95 bits per heavy atom. The van der Waals surface area contributed by atoms with Crippen LogP contribution >= 0.6 is 15.9 Å². The number of carboxylic acid groups (broad SMARTS) is 1. The van der Waals surface area contributed by atoms with Gasteiger partial charge in [0.15, 0.2) is 0 Å². The van der Waals surface area contributed by atoms with Crippen LogP contribution in [0.25, 0.3) is 0 Å². The zero-order chi connectivity index (χ0) is 16.2. The number of nitrogens with zero attached hydrogens (tertiary/aromatic N) is 1. The van der Waals surface area contributed by atoms with Gasteiger partial charge < -0.3 is 5.11 Å². The number of hydrogen-bond acceptors (Lipinski definition) is 4. The molecule has 22 heavy (non-hydrogen) atoms. The zero-order valence-electron chi connectivity index (χ0n) is 11.3. The fourth-order valence-corrected chi connectivity index (χ4v) is 3.34. The molecule has 0 aliphatic carbocycles. The Morgan fingerprint density at radius 3 is 2.50 bits per heavy atom. The maximum Gasteiger partial charge on any atom is 0.305 e. The molecule has 0 aliphatic rings. The van der Waals surface area contributed by atoms with Crippen molar-refractivity contribution in [2.75, 3.05) is 0 Å². The number of nitrogens with one attached hydrogen (secondary N) is 1. The molecular formula is C14H13BrN2O4S. The van der Waals surface area contributed by atoms with Crippen LogP contribution in [0.4, 0.5) is 0 Å². The number of benzene rings is 1. The second-order valence-corrected chi connectivity index (χ2v) is 7.14. The van der Waals surface area contributed by atoms with Crippen molar-refractivity contribution < 1.29 is 18.3 Å². The molecule has 1 aromatic carbocycles. The Kier molecular flexibility index (Phi) is 5.28. The molecule has 1 heterocycles. The average Bonchev–Trinajstić information content (AvgIpc) is 2.47. The highest BCUT2D eigenvalue weighted by atomic mass is 79.9. The fraction of sp³-hybridized carbons (Fsp3) is 0.143. The van der Waals surface area contributed by atoms with E-state index in [0.29, 0.717) is 5.56 Å². The lowest BCUT2D eigenvalue weighted by molar-refractivity contribution is -0.137. The number of carboxylic acids is 1. The zero-order valence-corrected chi connectivity index (χ0v) is 13.7. The summed E-state index contributed by atoms with van der Waals surface area (Å²) in [5.41, 5.74) is 0.491. The van der Waals surface area contributed by atoms with Crippen molar-refractivity contribution in [1.82, 2.24) is 9.71 Å². The van der Waals surface area contributed by atoms with E-state index in [1.54, 1.807) is 24.3 Å². The number of halogens is 1. The van der Waals surface area contributed by atoms with Crippen LogP contribution < -0.4 is 4.72 Å². The van der Waals surface area contributed by atoms with Gasteiger partial charge in [0.25, 0.3) is 0 Å². The molecule has 0 bridgehead atoms. The van der Waals surface area contributed by atoms with Crippen LogP contribution in [0, 0.1) is 0 Å². The lowest BCUT2D eigenvalue weighted by Crippen LogP contribution is -2.30. The van der Waals surface area contributed by atoms with Crippen LogP contribution in [-0.2, 0) is 14.8 Å². The van der Waals surface area contributed by atoms with Gasteiger partial charge in [0.2, 0.25) is 10.0 Å². The van der Waals surface area contributed by atoms with Crippen molar-refractivity contribution in [3.8, 4) is 0 Å². The number of rotatable bonds is 6. The van der Waals surface area contributed by atoms with Crippen LogP contribution in [-0.4, -0.2) is 24.5 Å². The number of carbonyl (C=O) groups is 1. The van der Waals surface area contributed by atoms with Gasteiger partial charge in [-0.3, -0.25) is 9.78 Å². The Morgan fingerprint density at radius 1 is 1.27 bits per heavy atom. The summed E-state index contributed by atoms with van der Waals surface area (Å²) in [6.45, 7) is 0. The van der Waals surface area contributed by atoms with E-state index < -0.39 is 22.0 Å². The molecule has 1 unspecified atom stereocenters. The third kappa shape index (κ3) is 4.36. The number of aromatic nitrogens is 1. The third-order valence-corrected chi connectivity index (χ3v) is 4.90. The minimum absolute atomic E-state index is 0.0648. The molecule has 0 amide bonds. The lowest BCUT2D eigenvalue weighted by Gasteiger charge is -2.17. The summed E-state index contributed by atoms with van der Waals surface area (Å²) in [6, 6.07) is 8.44. The monoisotopic (exact) mass is 384 g/mol. The molecule has 1 atom stereocenters. The second kappa shape index (κ2) is 6.99. The van der Waals surface area contributed by atoms with Gasteiger partial charge in [0.1, 0.15) is 0 Å². The van der Waals surface area contributed by atoms with E-state index in [1.165, 1.54) is 24.5 Å². The maximum atomic E-state index is 12.4. The smallest absolute Gasteiger partial charge is 0.305 e. The number of hydrogen-bond donors (Lipinski definition) is 2. The molecule has 116 valence electrons. The van der Waals surface area contributed by atoms with Gasteiger partial charge in [0.05, 0.1) is 17.4 Å².